The molecule has 2 rings (SSSR count). The summed E-state index contributed by atoms with van der Waals surface area (Å²) in [7, 11) is 0. The highest BCUT2D eigenvalue weighted by Crippen LogP contribution is 2.44. The largest absolute Gasteiger partial charge is 0.491 e. The Labute approximate surface area is 214 Å². The van der Waals surface area contributed by atoms with Crippen molar-refractivity contribution in [2.45, 2.75) is 40.7 Å². The van der Waals surface area contributed by atoms with Crippen LogP contribution in [0, 0.1) is 0 Å². The molecule has 0 bridgehead atoms. The molecule has 35 heavy (non-hydrogen) atoms. The Kier molecular flexibility index (Phi) is 11.1. The number of benzene rings is 2. The van der Waals surface area contributed by atoms with E-state index in [2.05, 4.69) is 15.5 Å². The maximum atomic E-state index is 13.1. The van der Waals surface area contributed by atoms with Crippen LogP contribution in [-0.4, -0.2) is 44.2 Å². The van der Waals surface area contributed by atoms with Gasteiger partial charge in [-0.1, -0.05) is 23.2 Å². The molecular formula is C24H29Cl2N3O6. The van der Waals surface area contributed by atoms with Crippen molar-refractivity contribution in [2.75, 3.05) is 31.7 Å². The monoisotopic (exact) mass is 525 g/mol. The van der Waals surface area contributed by atoms with Gasteiger partial charge in [0.2, 0.25) is 6.04 Å². The normalized spacial score (nSPS) is 11.7. The maximum Gasteiger partial charge on any atom is 0.258 e. The molecule has 2 aromatic rings. The van der Waals surface area contributed by atoms with Gasteiger partial charge in [-0.25, -0.2) is 0 Å². The van der Waals surface area contributed by atoms with Crippen LogP contribution >= 0.6 is 23.2 Å². The number of anilines is 1. The van der Waals surface area contributed by atoms with Crippen LogP contribution in [0.3, 0.4) is 0 Å². The third kappa shape index (κ3) is 7.22. The lowest BCUT2D eigenvalue weighted by atomic mass is 10.2. The third-order valence-corrected chi connectivity index (χ3v) is 5.04. The Morgan fingerprint density at radius 2 is 1.37 bits per heavy atom. The quantitative estimate of drug-likeness (QED) is 0.244. The van der Waals surface area contributed by atoms with Gasteiger partial charge in [0.1, 0.15) is 0 Å². The molecule has 0 aromatic heterocycles. The van der Waals surface area contributed by atoms with Gasteiger partial charge in [-0.15, -0.1) is 5.11 Å². The van der Waals surface area contributed by atoms with Crippen molar-refractivity contribution in [3.63, 3.8) is 0 Å². The summed E-state index contributed by atoms with van der Waals surface area (Å²) in [6.07, 6.45) is 0. The average molecular weight is 526 g/mol. The fourth-order valence-corrected chi connectivity index (χ4v) is 3.43. The summed E-state index contributed by atoms with van der Waals surface area (Å²) in [5, 5.41) is 11.4. The number of nitrogens with zero attached hydrogens (tertiary/aromatic N) is 2. The van der Waals surface area contributed by atoms with E-state index in [0.717, 1.165) is 0 Å². The van der Waals surface area contributed by atoms with Crippen molar-refractivity contribution in [1.29, 1.82) is 0 Å². The minimum atomic E-state index is -1.46. The molecule has 0 spiro atoms. The second-order valence-corrected chi connectivity index (χ2v) is 7.74. The van der Waals surface area contributed by atoms with Crippen LogP contribution in [0.25, 0.3) is 0 Å². The summed E-state index contributed by atoms with van der Waals surface area (Å²) in [6, 6.07) is 4.88. The minimum Gasteiger partial charge on any atom is -0.491 e. The first-order valence-electron chi connectivity index (χ1n) is 11.2. The molecule has 190 valence electrons. The second kappa shape index (κ2) is 13.7. The van der Waals surface area contributed by atoms with Crippen molar-refractivity contribution in [2.24, 2.45) is 10.2 Å². The highest BCUT2D eigenvalue weighted by atomic mass is 35.5. The number of carbonyl (C=O) groups excluding carboxylic acids is 2. The topological polar surface area (TPSA) is 108 Å². The standard InChI is InChI=1S/C24H29Cl2N3O6/c1-6-32-18-13-11-15(25)21(33-7-2)20(18)29-28-19(14(5)30)24(31)27-17-12-10-16(26)22(34-8-3)23(17)35-9-4/h10-13,19H,6-9H2,1-5H3,(H,27,31). The summed E-state index contributed by atoms with van der Waals surface area (Å²) < 4.78 is 22.4. The Hall–Kier alpha value is -3.04. The van der Waals surface area contributed by atoms with E-state index in [4.69, 9.17) is 42.1 Å². The van der Waals surface area contributed by atoms with E-state index in [-0.39, 0.29) is 28.6 Å². The molecule has 2 aromatic carbocycles. The van der Waals surface area contributed by atoms with Crippen LogP contribution in [0.2, 0.25) is 10.0 Å². The highest BCUT2D eigenvalue weighted by Gasteiger charge is 2.26. The Balaban J connectivity index is 2.44. The zero-order chi connectivity index (χ0) is 26.0. The highest BCUT2D eigenvalue weighted by molar-refractivity contribution is 6.33. The molecule has 11 heteroatoms. The van der Waals surface area contributed by atoms with E-state index in [1.54, 1.807) is 52.0 Å². The Morgan fingerprint density at radius 3 is 1.97 bits per heavy atom. The number of halogens is 2. The van der Waals surface area contributed by atoms with E-state index in [1.807, 2.05) is 0 Å². The number of carbonyl (C=O) groups is 2. The number of azo groups is 1. The molecule has 0 aliphatic carbocycles. The lowest BCUT2D eigenvalue weighted by Crippen LogP contribution is -2.32. The number of ketones is 1. The van der Waals surface area contributed by atoms with Crippen molar-refractivity contribution in [1.82, 2.24) is 0 Å². The maximum absolute atomic E-state index is 13.1. The third-order valence-electron chi connectivity index (χ3n) is 4.44. The van der Waals surface area contributed by atoms with Crippen LogP contribution in [0.1, 0.15) is 34.6 Å². The van der Waals surface area contributed by atoms with E-state index >= 15 is 0 Å². The van der Waals surface area contributed by atoms with E-state index < -0.39 is 17.7 Å². The fourth-order valence-electron chi connectivity index (χ4n) is 3.02. The van der Waals surface area contributed by atoms with Crippen LogP contribution < -0.4 is 24.3 Å². The molecule has 0 saturated heterocycles. The van der Waals surface area contributed by atoms with Crippen LogP contribution in [0.4, 0.5) is 11.4 Å². The zero-order valence-corrected chi connectivity index (χ0v) is 21.8. The summed E-state index contributed by atoms with van der Waals surface area (Å²) in [6.45, 7) is 9.72. The van der Waals surface area contributed by atoms with Crippen LogP contribution in [0.15, 0.2) is 34.5 Å². The molecule has 0 aliphatic heterocycles. The predicted molar refractivity (Wildman–Crippen MR) is 135 cm³/mol. The Morgan fingerprint density at radius 1 is 0.829 bits per heavy atom. The average Bonchev–Trinajstić information content (AvgIpc) is 2.81. The van der Waals surface area contributed by atoms with Crippen molar-refractivity contribution in [3.05, 3.63) is 34.3 Å². The summed E-state index contributed by atoms with van der Waals surface area (Å²) in [5.74, 6) is -0.113. The van der Waals surface area contributed by atoms with Gasteiger partial charge >= 0.3 is 0 Å². The van der Waals surface area contributed by atoms with Gasteiger partial charge in [0, 0.05) is 0 Å². The van der Waals surface area contributed by atoms with Crippen molar-refractivity contribution in [3.8, 4) is 23.0 Å². The summed E-state index contributed by atoms with van der Waals surface area (Å²) in [5.41, 5.74) is 0.458. The van der Waals surface area contributed by atoms with Crippen LogP contribution in [-0.2, 0) is 9.59 Å². The lowest BCUT2D eigenvalue weighted by molar-refractivity contribution is -0.126. The molecule has 0 heterocycles. The molecule has 1 N–H and O–H groups in total. The molecule has 0 saturated carbocycles. The zero-order valence-electron chi connectivity index (χ0n) is 20.3. The van der Waals surface area contributed by atoms with E-state index in [0.29, 0.717) is 42.2 Å². The molecular weight excluding hydrogens is 497 g/mol. The number of hydrogen-bond acceptors (Lipinski definition) is 8. The van der Waals surface area contributed by atoms with Crippen molar-refractivity contribution < 1.29 is 28.5 Å². The van der Waals surface area contributed by atoms with Gasteiger partial charge in [0.05, 0.1) is 42.2 Å². The van der Waals surface area contributed by atoms with Gasteiger partial charge in [-0.3, -0.25) is 9.59 Å². The van der Waals surface area contributed by atoms with Gasteiger partial charge in [0.15, 0.2) is 34.5 Å². The molecule has 0 radical (unpaired) electrons. The molecule has 0 aliphatic rings. The van der Waals surface area contributed by atoms with Gasteiger partial charge < -0.3 is 24.3 Å². The van der Waals surface area contributed by atoms with Gasteiger partial charge in [-0.05, 0) is 58.9 Å². The Bertz CT molecular complexity index is 1080. The molecule has 1 amide bonds. The second-order valence-electron chi connectivity index (χ2n) is 6.93. The molecule has 1 atom stereocenters. The molecule has 0 fully saturated rings. The van der Waals surface area contributed by atoms with Gasteiger partial charge in [0.25, 0.3) is 5.91 Å². The number of rotatable bonds is 13. The molecule has 1 unspecified atom stereocenters. The predicted octanol–water partition coefficient (Wildman–Crippen LogP) is 6.27. The lowest BCUT2D eigenvalue weighted by Gasteiger charge is -2.18. The first-order chi connectivity index (χ1) is 16.8. The number of Topliss-reactive ketones (excluding diaryl/α,β-unsaturated/α-hetero) is 1. The van der Waals surface area contributed by atoms with Gasteiger partial charge in [-0.2, -0.15) is 5.11 Å². The molecule has 9 nitrogen and oxygen atoms in total. The summed E-state index contributed by atoms with van der Waals surface area (Å²) in [4.78, 5) is 25.4. The number of ether oxygens (including phenoxy) is 4. The summed E-state index contributed by atoms with van der Waals surface area (Å²) >= 11 is 12.5. The first-order valence-corrected chi connectivity index (χ1v) is 11.9. The smallest absolute Gasteiger partial charge is 0.258 e. The number of amides is 1. The van der Waals surface area contributed by atoms with Crippen molar-refractivity contribution >= 4 is 46.3 Å². The first kappa shape index (κ1) is 28.2. The minimum absolute atomic E-state index is 0.181. The number of hydrogen-bond donors (Lipinski definition) is 1. The fraction of sp³-hybridized carbons (Fsp3) is 0.417. The van der Waals surface area contributed by atoms with E-state index in [9.17, 15) is 9.59 Å². The SMILES string of the molecule is CCOc1ccc(Cl)c(OCC)c1N=NC(C(C)=O)C(=O)Nc1ccc(Cl)c(OCC)c1OCC. The number of nitrogens with one attached hydrogen (secondary N) is 1. The van der Waals surface area contributed by atoms with E-state index in [1.165, 1.54) is 6.92 Å². The van der Waals surface area contributed by atoms with Crippen LogP contribution in [0.5, 0.6) is 23.0 Å².